The number of carbonyl (C=O) groups excluding carboxylic acids is 1. The molecular formula is C17H15Cl3N2O3. The molecule has 0 aliphatic heterocycles. The summed E-state index contributed by atoms with van der Waals surface area (Å²) < 4.78 is 10.8. The average molecular weight is 402 g/mol. The van der Waals surface area contributed by atoms with Crippen molar-refractivity contribution in [2.75, 3.05) is 13.2 Å². The van der Waals surface area contributed by atoms with E-state index in [0.29, 0.717) is 51.1 Å². The van der Waals surface area contributed by atoms with Gasteiger partial charge in [-0.15, -0.1) is 12.4 Å². The first-order chi connectivity index (χ1) is 11.6. The number of hydrogen-bond donors (Lipinski definition) is 1. The second-order valence-electron chi connectivity index (χ2n) is 5.14. The highest BCUT2D eigenvalue weighted by Crippen LogP contribution is 2.29. The smallest absolute Gasteiger partial charge is 0.338 e. The van der Waals surface area contributed by atoms with Crippen molar-refractivity contribution in [2.45, 2.75) is 6.42 Å². The van der Waals surface area contributed by atoms with Gasteiger partial charge in [0.1, 0.15) is 5.52 Å². The van der Waals surface area contributed by atoms with Gasteiger partial charge in [-0.2, -0.15) is 0 Å². The lowest BCUT2D eigenvalue weighted by Crippen LogP contribution is -2.09. The summed E-state index contributed by atoms with van der Waals surface area (Å²) in [5.74, 6) is -0.0443. The van der Waals surface area contributed by atoms with E-state index in [-0.39, 0.29) is 19.0 Å². The van der Waals surface area contributed by atoms with E-state index in [0.717, 1.165) is 0 Å². The van der Waals surface area contributed by atoms with Crippen molar-refractivity contribution in [3.63, 3.8) is 0 Å². The van der Waals surface area contributed by atoms with Crippen LogP contribution in [0.25, 0.3) is 22.6 Å². The van der Waals surface area contributed by atoms with E-state index in [9.17, 15) is 4.79 Å². The van der Waals surface area contributed by atoms with Gasteiger partial charge >= 0.3 is 5.97 Å². The summed E-state index contributed by atoms with van der Waals surface area (Å²) in [5.41, 5.74) is 7.54. The lowest BCUT2D eigenvalue weighted by molar-refractivity contribution is 0.0503. The molecule has 3 rings (SSSR count). The fourth-order valence-corrected chi connectivity index (χ4v) is 2.71. The molecule has 3 aromatic rings. The van der Waals surface area contributed by atoms with E-state index in [2.05, 4.69) is 4.98 Å². The Hall–Kier alpha value is -1.79. The van der Waals surface area contributed by atoms with Gasteiger partial charge in [-0.1, -0.05) is 23.2 Å². The molecule has 0 saturated heterocycles. The maximum absolute atomic E-state index is 12.0. The highest BCUT2D eigenvalue weighted by atomic mass is 35.5. The number of ether oxygens (including phenoxy) is 1. The first-order valence-corrected chi connectivity index (χ1v) is 8.06. The summed E-state index contributed by atoms with van der Waals surface area (Å²) >= 11 is 12.0. The van der Waals surface area contributed by atoms with Crippen molar-refractivity contribution < 1.29 is 13.9 Å². The molecule has 0 aliphatic rings. The molecule has 0 saturated carbocycles. The number of hydrogen-bond acceptors (Lipinski definition) is 5. The number of oxazole rings is 1. The first kappa shape index (κ1) is 19.5. The summed E-state index contributed by atoms with van der Waals surface area (Å²) in [6, 6.07) is 9.99. The van der Waals surface area contributed by atoms with Crippen LogP contribution in [0, 0.1) is 0 Å². The zero-order chi connectivity index (χ0) is 17.1. The first-order valence-electron chi connectivity index (χ1n) is 7.31. The Morgan fingerprint density at radius 2 is 1.88 bits per heavy atom. The van der Waals surface area contributed by atoms with Gasteiger partial charge in [0.15, 0.2) is 5.58 Å². The number of rotatable bonds is 5. The van der Waals surface area contributed by atoms with E-state index in [1.165, 1.54) is 0 Å². The number of carbonyl (C=O) groups is 1. The number of aromatic nitrogens is 1. The highest BCUT2D eigenvalue weighted by molar-refractivity contribution is 6.35. The fraction of sp³-hybridized carbons (Fsp3) is 0.176. The van der Waals surface area contributed by atoms with E-state index < -0.39 is 5.97 Å². The van der Waals surface area contributed by atoms with E-state index in [1.807, 2.05) is 0 Å². The van der Waals surface area contributed by atoms with Gasteiger partial charge in [0, 0.05) is 15.6 Å². The van der Waals surface area contributed by atoms with Crippen LogP contribution in [-0.2, 0) is 4.74 Å². The van der Waals surface area contributed by atoms with Crippen LogP contribution >= 0.6 is 35.6 Å². The van der Waals surface area contributed by atoms with Crippen molar-refractivity contribution in [3.8, 4) is 11.5 Å². The number of halogens is 3. The molecule has 0 spiro atoms. The molecule has 132 valence electrons. The zero-order valence-electron chi connectivity index (χ0n) is 13.0. The number of nitrogens with two attached hydrogens (primary N) is 1. The van der Waals surface area contributed by atoms with Gasteiger partial charge in [0.2, 0.25) is 5.89 Å². The molecular weight excluding hydrogens is 387 g/mol. The van der Waals surface area contributed by atoms with Gasteiger partial charge < -0.3 is 14.9 Å². The Bertz CT molecular complexity index is 876. The lowest BCUT2D eigenvalue weighted by atomic mass is 10.2. The van der Waals surface area contributed by atoms with Crippen LogP contribution in [0.1, 0.15) is 16.8 Å². The monoisotopic (exact) mass is 400 g/mol. The van der Waals surface area contributed by atoms with Crippen molar-refractivity contribution in [2.24, 2.45) is 5.73 Å². The molecule has 2 N–H and O–H groups in total. The van der Waals surface area contributed by atoms with E-state index >= 15 is 0 Å². The predicted octanol–water partition coefficient (Wildman–Crippen LogP) is 4.73. The van der Waals surface area contributed by atoms with E-state index in [4.69, 9.17) is 38.1 Å². The van der Waals surface area contributed by atoms with Crippen LogP contribution in [-0.4, -0.2) is 24.1 Å². The van der Waals surface area contributed by atoms with Gasteiger partial charge in [0.25, 0.3) is 0 Å². The number of esters is 1. The van der Waals surface area contributed by atoms with Gasteiger partial charge in [-0.05, 0) is 49.4 Å². The second kappa shape index (κ2) is 8.54. The molecule has 5 nitrogen and oxygen atoms in total. The molecule has 1 heterocycles. The summed E-state index contributed by atoms with van der Waals surface area (Å²) in [6.07, 6.45) is 0.621. The third kappa shape index (κ3) is 4.64. The largest absolute Gasteiger partial charge is 0.462 e. The normalized spacial score (nSPS) is 10.5. The molecule has 25 heavy (non-hydrogen) atoms. The fourth-order valence-electron chi connectivity index (χ4n) is 2.18. The maximum Gasteiger partial charge on any atom is 0.338 e. The SMILES string of the molecule is Cl.NCCCOC(=O)c1ccc2nc(-c3cc(Cl)cc(Cl)c3)oc2c1. The summed E-state index contributed by atoms with van der Waals surface area (Å²) in [4.78, 5) is 16.4. The number of fused-ring (bicyclic) bond motifs is 1. The Balaban J connectivity index is 0.00000225. The van der Waals surface area contributed by atoms with Gasteiger partial charge in [-0.3, -0.25) is 0 Å². The Labute approximate surface area is 160 Å². The van der Waals surface area contributed by atoms with Crippen LogP contribution < -0.4 is 5.73 Å². The van der Waals surface area contributed by atoms with Crippen molar-refractivity contribution >= 4 is 52.7 Å². The van der Waals surface area contributed by atoms with Crippen LogP contribution in [0.5, 0.6) is 0 Å². The minimum absolute atomic E-state index is 0. The van der Waals surface area contributed by atoms with Crippen molar-refractivity contribution in [1.29, 1.82) is 0 Å². The minimum atomic E-state index is -0.422. The lowest BCUT2D eigenvalue weighted by Gasteiger charge is -2.03. The molecule has 0 aliphatic carbocycles. The quantitative estimate of drug-likeness (QED) is 0.494. The summed E-state index contributed by atoms with van der Waals surface area (Å²) in [5, 5.41) is 0.979. The summed E-state index contributed by atoms with van der Waals surface area (Å²) in [7, 11) is 0. The molecule has 0 fully saturated rings. The standard InChI is InChI=1S/C17H14Cl2N2O3.ClH/c18-12-6-11(7-13(19)9-12)16-21-14-3-2-10(8-15(14)24-16)17(22)23-5-1-4-20;/h2-3,6-9H,1,4-5,20H2;1H. The maximum atomic E-state index is 12.0. The molecule has 2 aromatic carbocycles. The number of nitrogens with zero attached hydrogens (tertiary/aromatic N) is 1. The average Bonchev–Trinajstić information content (AvgIpc) is 2.97. The van der Waals surface area contributed by atoms with E-state index in [1.54, 1.807) is 36.4 Å². The van der Waals surface area contributed by atoms with Crippen LogP contribution in [0.4, 0.5) is 0 Å². The number of benzene rings is 2. The molecule has 0 radical (unpaired) electrons. The molecule has 0 bridgehead atoms. The van der Waals surface area contributed by atoms with Crippen LogP contribution in [0.15, 0.2) is 40.8 Å². The summed E-state index contributed by atoms with van der Waals surface area (Å²) in [6.45, 7) is 0.760. The van der Waals surface area contributed by atoms with Crippen molar-refractivity contribution in [1.82, 2.24) is 4.98 Å². The molecule has 1 aromatic heterocycles. The highest BCUT2D eigenvalue weighted by Gasteiger charge is 2.13. The Morgan fingerprint density at radius 1 is 1.16 bits per heavy atom. The molecule has 0 atom stereocenters. The third-order valence-corrected chi connectivity index (χ3v) is 3.75. The molecule has 8 heteroatoms. The predicted molar refractivity (Wildman–Crippen MR) is 101 cm³/mol. The third-order valence-electron chi connectivity index (χ3n) is 3.32. The van der Waals surface area contributed by atoms with Crippen molar-refractivity contribution in [3.05, 3.63) is 52.0 Å². The molecule has 0 unspecified atom stereocenters. The van der Waals surface area contributed by atoms with Crippen LogP contribution in [0.2, 0.25) is 10.0 Å². The molecule has 0 amide bonds. The minimum Gasteiger partial charge on any atom is -0.462 e. The van der Waals surface area contributed by atoms with Gasteiger partial charge in [-0.25, -0.2) is 9.78 Å². The van der Waals surface area contributed by atoms with Crippen LogP contribution in [0.3, 0.4) is 0 Å². The second-order valence-corrected chi connectivity index (χ2v) is 6.01. The topological polar surface area (TPSA) is 78.4 Å². The Morgan fingerprint density at radius 3 is 2.56 bits per heavy atom. The Kier molecular flexibility index (Phi) is 6.67. The van der Waals surface area contributed by atoms with Gasteiger partial charge in [0.05, 0.1) is 12.2 Å². The zero-order valence-corrected chi connectivity index (χ0v) is 15.3.